The number of nitrogens with zero attached hydrogens (tertiary/aromatic N) is 1. The first-order valence-corrected chi connectivity index (χ1v) is 7.58. The van der Waals surface area contributed by atoms with Crippen molar-refractivity contribution in [3.8, 4) is 5.75 Å². The highest BCUT2D eigenvalue weighted by atomic mass is 16.3. The molecule has 4 heteroatoms. The first-order chi connectivity index (χ1) is 9.74. The minimum Gasteiger partial charge on any atom is -0.508 e. The molecule has 0 bridgehead atoms. The molecule has 118 valence electrons. The topological polar surface area (TPSA) is 52.6 Å². The Morgan fingerprint density at radius 2 is 2.05 bits per heavy atom. The third-order valence-electron chi connectivity index (χ3n) is 3.48. The number of hydrogen-bond acceptors (Lipinski definition) is 3. The minimum absolute atomic E-state index is 0.0220. The maximum atomic E-state index is 12.4. The van der Waals surface area contributed by atoms with Crippen molar-refractivity contribution in [1.29, 1.82) is 0 Å². The lowest BCUT2D eigenvalue weighted by Gasteiger charge is -2.29. The molecule has 2 N–H and O–H groups in total. The predicted molar refractivity (Wildman–Crippen MR) is 86.3 cm³/mol. The Kier molecular flexibility index (Phi) is 6.21. The second kappa shape index (κ2) is 7.46. The van der Waals surface area contributed by atoms with Crippen molar-refractivity contribution in [2.75, 3.05) is 13.1 Å². The molecule has 1 unspecified atom stereocenters. The molecular weight excluding hydrogens is 264 g/mol. The first kappa shape index (κ1) is 17.5. The van der Waals surface area contributed by atoms with Gasteiger partial charge in [-0.25, -0.2) is 0 Å². The zero-order valence-corrected chi connectivity index (χ0v) is 13.8. The molecule has 0 aliphatic heterocycles. The van der Waals surface area contributed by atoms with Crippen molar-refractivity contribution < 1.29 is 9.90 Å². The smallest absolute Gasteiger partial charge is 0.224 e. The molecule has 0 spiro atoms. The quantitative estimate of drug-likeness (QED) is 0.847. The highest BCUT2D eigenvalue weighted by molar-refractivity contribution is 5.76. The second-order valence-corrected chi connectivity index (χ2v) is 6.38. The largest absolute Gasteiger partial charge is 0.508 e. The van der Waals surface area contributed by atoms with Crippen LogP contribution in [0.25, 0.3) is 0 Å². The zero-order valence-electron chi connectivity index (χ0n) is 13.8. The van der Waals surface area contributed by atoms with Crippen LogP contribution in [0.4, 0.5) is 0 Å². The molecule has 4 nitrogen and oxygen atoms in total. The van der Waals surface area contributed by atoms with E-state index in [1.54, 1.807) is 18.2 Å². The Balaban J connectivity index is 2.66. The van der Waals surface area contributed by atoms with Crippen LogP contribution in [0.5, 0.6) is 5.75 Å². The summed E-state index contributed by atoms with van der Waals surface area (Å²) in [7, 11) is 0. The third-order valence-corrected chi connectivity index (χ3v) is 3.48. The van der Waals surface area contributed by atoms with Crippen LogP contribution in [0.1, 0.15) is 52.6 Å². The number of carbonyl (C=O) groups excluding carboxylic acids is 1. The molecule has 1 aromatic rings. The van der Waals surface area contributed by atoms with E-state index in [0.29, 0.717) is 19.5 Å². The summed E-state index contributed by atoms with van der Waals surface area (Å²) in [6.45, 7) is 11.6. The van der Waals surface area contributed by atoms with Gasteiger partial charge in [-0.15, -0.1) is 0 Å². The summed E-state index contributed by atoms with van der Waals surface area (Å²) in [5.74, 6) is 0.363. The van der Waals surface area contributed by atoms with Gasteiger partial charge in [0.2, 0.25) is 5.91 Å². The molecule has 0 aromatic heterocycles. The van der Waals surface area contributed by atoms with Gasteiger partial charge in [0.25, 0.3) is 0 Å². The number of amides is 1. The van der Waals surface area contributed by atoms with Crippen LogP contribution in [0.2, 0.25) is 0 Å². The summed E-state index contributed by atoms with van der Waals surface area (Å²) >= 11 is 0. The molecule has 1 rings (SSSR count). The standard InChI is InChI=1S/C17H28N2O2/c1-6-19(16(21)10-11-18-17(3,4)5)13(2)14-8-7-9-15(20)12-14/h7-9,12-13,18,20H,6,10-11H2,1-5H3. The highest BCUT2D eigenvalue weighted by Gasteiger charge is 2.20. The predicted octanol–water partition coefficient (Wildman–Crippen LogP) is 3.08. The van der Waals surface area contributed by atoms with Gasteiger partial charge in [0, 0.05) is 25.0 Å². The Morgan fingerprint density at radius 3 is 2.57 bits per heavy atom. The Hall–Kier alpha value is -1.55. The van der Waals surface area contributed by atoms with Crippen LogP contribution >= 0.6 is 0 Å². The monoisotopic (exact) mass is 292 g/mol. The number of benzene rings is 1. The summed E-state index contributed by atoms with van der Waals surface area (Å²) in [5.41, 5.74) is 0.975. The summed E-state index contributed by atoms with van der Waals surface area (Å²) in [4.78, 5) is 14.2. The number of hydrogen-bond donors (Lipinski definition) is 2. The lowest BCUT2D eigenvalue weighted by Crippen LogP contribution is -2.40. The number of rotatable bonds is 6. The molecule has 1 atom stereocenters. The van der Waals surface area contributed by atoms with E-state index in [0.717, 1.165) is 5.56 Å². The fourth-order valence-electron chi connectivity index (χ4n) is 2.32. The van der Waals surface area contributed by atoms with Gasteiger partial charge >= 0.3 is 0 Å². The Bertz CT molecular complexity index is 466. The maximum absolute atomic E-state index is 12.4. The molecule has 0 saturated heterocycles. The molecule has 1 amide bonds. The van der Waals surface area contributed by atoms with Crippen molar-refractivity contribution in [2.24, 2.45) is 0 Å². The van der Waals surface area contributed by atoms with Crippen molar-refractivity contribution in [3.05, 3.63) is 29.8 Å². The lowest BCUT2D eigenvalue weighted by atomic mass is 10.1. The van der Waals surface area contributed by atoms with Gasteiger partial charge in [-0.3, -0.25) is 4.79 Å². The average Bonchev–Trinajstić information content (AvgIpc) is 2.38. The van der Waals surface area contributed by atoms with Crippen molar-refractivity contribution in [2.45, 2.75) is 52.6 Å². The van der Waals surface area contributed by atoms with Gasteiger partial charge in [-0.2, -0.15) is 0 Å². The molecule has 1 aromatic carbocycles. The van der Waals surface area contributed by atoms with Gasteiger partial charge in [0.15, 0.2) is 0 Å². The second-order valence-electron chi connectivity index (χ2n) is 6.38. The van der Waals surface area contributed by atoms with E-state index in [9.17, 15) is 9.90 Å². The fraction of sp³-hybridized carbons (Fsp3) is 0.588. The molecule has 0 radical (unpaired) electrons. The van der Waals surface area contributed by atoms with E-state index >= 15 is 0 Å². The number of phenolic OH excluding ortho intramolecular Hbond substituents is 1. The zero-order chi connectivity index (χ0) is 16.0. The summed E-state index contributed by atoms with van der Waals surface area (Å²) < 4.78 is 0. The number of aromatic hydroxyl groups is 1. The van der Waals surface area contributed by atoms with Gasteiger partial charge in [-0.1, -0.05) is 12.1 Å². The van der Waals surface area contributed by atoms with Crippen LogP contribution in [0.15, 0.2) is 24.3 Å². The van der Waals surface area contributed by atoms with Gasteiger partial charge < -0.3 is 15.3 Å². The van der Waals surface area contributed by atoms with E-state index < -0.39 is 0 Å². The molecule has 0 aliphatic rings. The number of nitrogens with one attached hydrogen (secondary N) is 1. The SMILES string of the molecule is CCN(C(=O)CCNC(C)(C)C)C(C)c1cccc(O)c1. The first-order valence-electron chi connectivity index (χ1n) is 7.58. The fourth-order valence-corrected chi connectivity index (χ4v) is 2.32. The number of phenols is 1. The molecule has 21 heavy (non-hydrogen) atoms. The molecule has 0 saturated carbocycles. The molecule has 0 aliphatic carbocycles. The van der Waals surface area contributed by atoms with Crippen LogP contribution in [-0.2, 0) is 4.79 Å². The number of carbonyl (C=O) groups is 1. The lowest BCUT2D eigenvalue weighted by molar-refractivity contribution is -0.133. The van der Waals surface area contributed by atoms with Crippen LogP contribution in [0.3, 0.4) is 0 Å². The van der Waals surface area contributed by atoms with Crippen molar-refractivity contribution in [3.63, 3.8) is 0 Å². The van der Waals surface area contributed by atoms with Crippen molar-refractivity contribution in [1.82, 2.24) is 10.2 Å². The summed E-state index contributed by atoms with van der Waals surface area (Å²) in [6, 6.07) is 7.06. The Labute approximate surface area is 128 Å². The molecule has 0 heterocycles. The van der Waals surface area contributed by atoms with Gasteiger partial charge in [0.1, 0.15) is 5.75 Å². The third kappa shape index (κ3) is 5.76. The van der Waals surface area contributed by atoms with Crippen molar-refractivity contribution >= 4 is 5.91 Å². The van der Waals surface area contributed by atoms with E-state index in [4.69, 9.17) is 0 Å². The molecule has 0 fully saturated rings. The summed E-state index contributed by atoms with van der Waals surface area (Å²) in [5, 5.41) is 12.9. The van der Waals surface area contributed by atoms with E-state index in [-0.39, 0.29) is 23.2 Å². The average molecular weight is 292 g/mol. The van der Waals surface area contributed by atoms with E-state index in [1.807, 2.05) is 24.8 Å². The Morgan fingerprint density at radius 1 is 1.38 bits per heavy atom. The maximum Gasteiger partial charge on any atom is 0.224 e. The minimum atomic E-state index is -0.0377. The van der Waals surface area contributed by atoms with Crippen LogP contribution in [0, 0.1) is 0 Å². The molecular formula is C17H28N2O2. The van der Waals surface area contributed by atoms with Crippen LogP contribution in [-0.4, -0.2) is 34.5 Å². The van der Waals surface area contributed by atoms with E-state index in [1.165, 1.54) is 0 Å². The van der Waals surface area contributed by atoms with Gasteiger partial charge in [-0.05, 0) is 52.3 Å². The normalized spacial score (nSPS) is 13.0. The summed E-state index contributed by atoms with van der Waals surface area (Å²) in [6.07, 6.45) is 0.480. The van der Waals surface area contributed by atoms with Gasteiger partial charge in [0.05, 0.1) is 6.04 Å². The highest BCUT2D eigenvalue weighted by Crippen LogP contribution is 2.23. The van der Waals surface area contributed by atoms with E-state index in [2.05, 4.69) is 26.1 Å². The van der Waals surface area contributed by atoms with Crippen LogP contribution < -0.4 is 5.32 Å².